The van der Waals surface area contributed by atoms with Gasteiger partial charge in [0.15, 0.2) is 5.71 Å². The van der Waals surface area contributed by atoms with Gasteiger partial charge in [-0.15, -0.1) is 5.11 Å². The number of hydrogen-bond donors (Lipinski definition) is 5. The van der Waals surface area contributed by atoms with Crippen LogP contribution in [0.25, 0.3) is 6.08 Å². The summed E-state index contributed by atoms with van der Waals surface area (Å²) in [5.74, 6) is -1.49. The normalized spacial score (nSPS) is 14.1. The molecule has 24 nitrogen and oxygen atoms in total. The SMILES string of the molecule is Nc1c(N=Nc2ccc(S(=O)(=O)[O-])cc2)c(S(=O)(=O)[O-])cc2c1C(=O)/C(=N/Nc1cc(N=c3[nH]c([O-])nc(=Nc4cccc(Cl)c4)[nH]3)ccc1S(=O)(=O)[O-])C(S(=O)(=O)O)=C2.[Na+].[Na+].[Na+].[Na+]. The van der Waals surface area contributed by atoms with Crippen molar-refractivity contribution in [3.63, 3.8) is 0 Å². The van der Waals surface area contributed by atoms with E-state index in [-0.39, 0.29) is 141 Å². The predicted molar refractivity (Wildman–Crippen MR) is 201 cm³/mol. The Bertz CT molecular complexity index is 3370. The summed E-state index contributed by atoms with van der Waals surface area (Å²) in [4.78, 5) is 26.5. The summed E-state index contributed by atoms with van der Waals surface area (Å²) >= 11 is 5.97. The van der Waals surface area contributed by atoms with Crippen molar-refractivity contribution in [3.8, 4) is 6.01 Å². The van der Waals surface area contributed by atoms with Crippen molar-refractivity contribution in [1.29, 1.82) is 0 Å². The molecule has 0 saturated carbocycles. The second kappa shape index (κ2) is 22.5. The molecule has 6 rings (SSSR count). The van der Waals surface area contributed by atoms with Crippen LogP contribution in [0.2, 0.25) is 5.02 Å². The molecule has 0 atom stereocenters. The number of halogens is 1. The van der Waals surface area contributed by atoms with Crippen molar-refractivity contribution < 1.29 is 180 Å². The fourth-order valence-corrected chi connectivity index (χ4v) is 7.76. The molecule has 1 aliphatic carbocycles. The van der Waals surface area contributed by atoms with E-state index in [9.17, 15) is 61.8 Å². The van der Waals surface area contributed by atoms with E-state index in [1.807, 2.05) is 0 Å². The number of rotatable bonds is 10. The molecule has 0 saturated heterocycles. The Balaban J connectivity index is 0.00000352. The minimum absolute atomic E-state index is 0. The molecule has 5 aromatic rings. The maximum atomic E-state index is 13.9. The number of Topliss-reactive ketones (excluding diaryl/α,β-unsaturated/α-hetero) is 1. The number of hydrogen-bond acceptors (Lipinski definition) is 21. The molecule has 1 aliphatic rings. The number of benzene rings is 4. The van der Waals surface area contributed by atoms with Gasteiger partial charge >= 0.3 is 118 Å². The van der Waals surface area contributed by atoms with Crippen LogP contribution in [0.1, 0.15) is 15.9 Å². The zero-order valence-electron chi connectivity index (χ0n) is 33.0. The van der Waals surface area contributed by atoms with Gasteiger partial charge in [-0.1, -0.05) is 17.7 Å². The molecule has 0 fully saturated rings. The number of nitrogens with two attached hydrogens (primary N) is 1. The molecule has 0 radical (unpaired) electrons. The third-order valence-electron chi connectivity index (χ3n) is 7.70. The van der Waals surface area contributed by atoms with Crippen molar-refractivity contribution in [1.82, 2.24) is 15.0 Å². The van der Waals surface area contributed by atoms with Crippen molar-refractivity contribution >= 4 is 104 Å². The van der Waals surface area contributed by atoms with Crippen LogP contribution in [0.5, 0.6) is 6.01 Å². The summed E-state index contributed by atoms with van der Waals surface area (Å²) in [6.07, 6.45) is 0.499. The number of H-pyrrole nitrogens is 2. The summed E-state index contributed by atoms with van der Waals surface area (Å²) < 4.78 is 142. The maximum absolute atomic E-state index is 13.9. The summed E-state index contributed by atoms with van der Waals surface area (Å²) in [6.45, 7) is 0. The Kier molecular flexibility index (Phi) is 20.3. The summed E-state index contributed by atoms with van der Waals surface area (Å²) in [5.41, 5.74) is 2.26. The Morgan fingerprint density at radius 3 is 1.92 bits per heavy atom. The van der Waals surface area contributed by atoms with Crippen LogP contribution in [0, 0.1) is 0 Å². The second-order valence-corrected chi connectivity index (χ2v) is 17.7. The fourth-order valence-electron chi connectivity index (χ4n) is 5.18. The van der Waals surface area contributed by atoms with Crippen LogP contribution in [0.3, 0.4) is 0 Å². The summed E-state index contributed by atoms with van der Waals surface area (Å²) in [5, 5.41) is 23.6. The van der Waals surface area contributed by atoms with Crippen molar-refractivity contribution in [2.24, 2.45) is 25.3 Å². The zero-order valence-corrected chi connectivity index (χ0v) is 45.1. The van der Waals surface area contributed by atoms with Crippen LogP contribution < -0.4 is 146 Å². The van der Waals surface area contributed by atoms with Crippen LogP contribution in [0.4, 0.5) is 34.1 Å². The summed E-state index contributed by atoms with van der Waals surface area (Å²) in [7, 11) is -21.3. The number of ketones is 1. The molecule has 4 aromatic carbocycles. The van der Waals surface area contributed by atoms with Crippen molar-refractivity contribution in [3.05, 3.63) is 105 Å². The summed E-state index contributed by atoms with van der Waals surface area (Å²) in [6, 6.07) is 11.9. The molecule has 0 amide bonds. The number of aromatic nitrogens is 3. The van der Waals surface area contributed by atoms with Gasteiger partial charge in [-0.05, 0) is 78.4 Å². The van der Waals surface area contributed by atoms with E-state index in [2.05, 4.69) is 45.7 Å². The van der Waals surface area contributed by atoms with Gasteiger partial charge in [0, 0.05) is 5.02 Å². The van der Waals surface area contributed by atoms with E-state index in [1.54, 1.807) is 18.2 Å². The predicted octanol–water partition coefficient (Wildman–Crippen LogP) is -10.5. The van der Waals surface area contributed by atoms with Crippen LogP contribution >= 0.6 is 11.6 Å². The number of allylic oxidation sites excluding steroid dienone is 1. The van der Waals surface area contributed by atoms with Crippen molar-refractivity contribution in [2.45, 2.75) is 14.7 Å². The number of fused-ring (bicyclic) bond motifs is 1. The molecular weight excluding hydrogens is 992 g/mol. The first-order chi connectivity index (χ1) is 27.9. The molecule has 0 bridgehead atoms. The molecule has 33 heteroatoms. The van der Waals surface area contributed by atoms with Crippen molar-refractivity contribution in [2.75, 3.05) is 11.2 Å². The zero-order chi connectivity index (χ0) is 43.9. The Morgan fingerprint density at radius 2 is 1.34 bits per heavy atom. The van der Waals surface area contributed by atoms with Gasteiger partial charge < -0.3 is 29.5 Å². The van der Waals surface area contributed by atoms with Crippen LogP contribution in [-0.4, -0.2) is 78.3 Å². The van der Waals surface area contributed by atoms with E-state index < -0.39 is 106 Å². The van der Waals surface area contributed by atoms with E-state index in [1.165, 1.54) is 6.07 Å². The number of azo groups is 1. The molecule has 0 spiro atoms. The fraction of sp³-hybridized carbons (Fsp3) is 0. The number of nitrogen functional groups attached to an aromatic ring is 1. The van der Waals surface area contributed by atoms with Crippen LogP contribution in [0.15, 0.2) is 118 Å². The number of aromatic amines is 2. The molecular formula is C31H19ClN10Na4O14S4. The van der Waals surface area contributed by atoms with E-state index in [0.717, 1.165) is 42.5 Å². The monoisotopic (exact) mass is 1010 g/mol. The first-order valence-corrected chi connectivity index (χ1v) is 21.7. The Morgan fingerprint density at radius 1 is 0.734 bits per heavy atom. The van der Waals surface area contributed by atoms with Gasteiger partial charge in [-0.2, -0.15) is 18.6 Å². The molecule has 0 unspecified atom stereocenters. The number of anilines is 2. The number of nitrogens with zero attached hydrogens (tertiary/aromatic N) is 6. The van der Waals surface area contributed by atoms with Gasteiger partial charge in [0.2, 0.25) is 17.0 Å². The van der Waals surface area contributed by atoms with Gasteiger partial charge in [-0.25, -0.2) is 40.2 Å². The topological polar surface area (TPSA) is 410 Å². The molecule has 0 aliphatic heterocycles. The quantitative estimate of drug-likeness (QED) is 0.0285. The van der Waals surface area contributed by atoms with E-state index >= 15 is 0 Å². The molecule has 1 heterocycles. The average Bonchev–Trinajstić information content (AvgIpc) is 3.12. The molecule has 6 N–H and O–H groups in total. The van der Waals surface area contributed by atoms with Gasteiger partial charge in [0.1, 0.15) is 40.9 Å². The smallest absolute Gasteiger partial charge is 0.846 e. The first-order valence-electron chi connectivity index (χ1n) is 15.7. The van der Waals surface area contributed by atoms with Gasteiger partial charge in [0.25, 0.3) is 10.1 Å². The minimum atomic E-state index is -5.55. The molecule has 64 heavy (non-hydrogen) atoms. The Labute approximate surface area is 455 Å². The van der Waals surface area contributed by atoms with E-state index in [0.29, 0.717) is 22.9 Å². The largest absolute Gasteiger partial charge is 1.00 e. The average molecular weight is 1010 g/mol. The number of nitrogens with one attached hydrogen (secondary N) is 3. The molecule has 312 valence electrons. The number of hydrazone groups is 1. The Hall–Kier alpha value is -2.50. The van der Waals surface area contributed by atoms with Gasteiger partial charge in [0.05, 0.1) is 54.7 Å². The van der Waals surface area contributed by atoms with Crippen LogP contribution in [-0.2, 0) is 40.5 Å². The van der Waals surface area contributed by atoms with E-state index in [4.69, 9.17) is 17.3 Å². The second-order valence-electron chi connectivity index (χ2n) is 11.8. The third kappa shape index (κ3) is 14.0. The number of carbonyl (C=O) groups is 1. The first kappa shape index (κ1) is 57.6. The standard InChI is InChI=1S/C31H23ClN10O14S4.4Na/c32-15-2-1-3-17(12-15)34-29-36-30(38-31(44)37-29)35-18-6-9-21(58(48,49)50)20(13-18)40-42-27-23(60(54,55)56)11-14-10-22(59(51,52)53)26(25(33)24(14)28(27)43)41-39-16-4-7-19(8-5-16)57(45,46)47;;;;/h1-13,40H,33H2,(H,45,46,47)(H,48,49,50)(H,51,52,53)(H,54,55,56)(H3,34,35,36,37,38,44);;;;/q;4*+1/p-4/b41-39?,42-27+;;;;. The maximum Gasteiger partial charge on any atom is 1.00 e. The third-order valence-corrected chi connectivity index (χ3v) is 11.4. The molecule has 1 aromatic heterocycles. The number of carbonyl (C=O) groups excluding carboxylic acids is 1. The minimum Gasteiger partial charge on any atom is -0.846 e. The van der Waals surface area contributed by atoms with Gasteiger partial charge in [-0.3, -0.25) is 19.8 Å².